The Kier molecular flexibility index (Phi) is 3.41. The molecule has 1 atom stereocenters. The zero-order chi connectivity index (χ0) is 16.7. The molecule has 1 aliphatic heterocycles. The number of para-hydroxylation sites is 2. The van der Waals surface area contributed by atoms with E-state index in [2.05, 4.69) is 14.9 Å². The monoisotopic (exact) mass is 323 g/mol. The lowest BCUT2D eigenvalue weighted by Gasteiger charge is -2.24. The summed E-state index contributed by atoms with van der Waals surface area (Å²) in [6, 6.07) is 9.87. The summed E-state index contributed by atoms with van der Waals surface area (Å²) in [7, 11) is 0. The van der Waals surface area contributed by atoms with Crippen LogP contribution in [0.1, 0.15) is 30.3 Å². The number of aromatic amines is 1. The minimum Gasteiger partial charge on any atom is -0.346 e. The van der Waals surface area contributed by atoms with Gasteiger partial charge in [0, 0.05) is 12.1 Å². The smallest absolute Gasteiger partial charge is 0.290 e. The molecule has 1 aromatic carbocycles. The Hall–Kier alpha value is -2.96. The zero-order valence-electron chi connectivity index (χ0n) is 13.3. The van der Waals surface area contributed by atoms with Crippen molar-refractivity contribution < 1.29 is 4.92 Å². The predicted molar refractivity (Wildman–Crippen MR) is 91.0 cm³/mol. The molecule has 0 spiro atoms. The number of aromatic nitrogens is 3. The van der Waals surface area contributed by atoms with Gasteiger partial charge in [0.15, 0.2) is 0 Å². The highest BCUT2D eigenvalue weighted by molar-refractivity contribution is 5.75. The van der Waals surface area contributed by atoms with Crippen molar-refractivity contribution in [2.24, 2.45) is 0 Å². The van der Waals surface area contributed by atoms with Crippen LogP contribution in [0.25, 0.3) is 11.0 Å². The molecule has 0 aliphatic carbocycles. The summed E-state index contributed by atoms with van der Waals surface area (Å²) in [4.78, 5) is 25.2. The molecule has 122 valence electrons. The Morgan fingerprint density at radius 2 is 2.21 bits per heavy atom. The molecule has 1 aliphatic rings. The second-order valence-electron chi connectivity index (χ2n) is 6.08. The number of aryl methyl sites for hydroxylation is 1. The van der Waals surface area contributed by atoms with Crippen molar-refractivity contribution in [1.29, 1.82) is 0 Å². The van der Waals surface area contributed by atoms with Crippen LogP contribution in [0.2, 0.25) is 0 Å². The van der Waals surface area contributed by atoms with Crippen LogP contribution in [0, 0.1) is 17.0 Å². The minimum absolute atomic E-state index is 0.0539. The second-order valence-corrected chi connectivity index (χ2v) is 6.08. The molecule has 3 aromatic rings. The number of benzene rings is 1. The highest BCUT2D eigenvalue weighted by Gasteiger charge is 2.30. The standard InChI is InChI=1S/C17H17N5O2/c1-11-9-16(18-10-15(11)22(23)24)21-8-4-7-14(21)17-19-12-5-2-3-6-13(12)20-17/h2-3,5-6,9-10,14H,4,7-8H2,1H3,(H,19,20). The summed E-state index contributed by atoms with van der Waals surface area (Å²) in [6.45, 7) is 2.61. The topological polar surface area (TPSA) is 88.0 Å². The Morgan fingerprint density at radius 3 is 2.96 bits per heavy atom. The number of nitro groups is 1. The van der Waals surface area contributed by atoms with Crippen molar-refractivity contribution in [2.75, 3.05) is 11.4 Å². The van der Waals surface area contributed by atoms with Crippen LogP contribution in [-0.2, 0) is 0 Å². The van der Waals surface area contributed by atoms with E-state index in [1.165, 1.54) is 6.20 Å². The molecule has 7 heteroatoms. The molecule has 3 heterocycles. The molecule has 0 bridgehead atoms. The number of hydrogen-bond donors (Lipinski definition) is 1. The maximum atomic E-state index is 11.0. The maximum absolute atomic E-state index is 11.0. The van der Waals surface area contributed by atoms with E-state index in [1.807, 2.05) is 24.3 Å². The van der Waals surface area contributed by atoms with Crippen molar-refractivity contribution in [1.82, 2.24) is 15.0 Å². The molecule has 1 fully saturated rings. The van der Waals surface area contributed by atoms with Gasteiger partial charge in [-0.05, 0) is 38.0 Å². The number of hydrogen-bond acceptors (Lipinski definition) is 5. The Labute approximate surface area is 138 Å². The number of pyridine rings is 1. The SMILES string of the molecule is Cc1cc(N2CCCC2c2nc3ccccc3[nH]2)ncc1[N+](=O)[O-]. The van der Waals surface area contributed by atoms with Crippen LogP contribution in [0.4, 0.5) is 11.5 Å². The van der Waals surface area contributed by atoms with E-state index in [0.29, 0.717) is 5.56 Å². The van der Waals surface area contributed by atoms with E-state index in [-0.39, 0.29) is 11.7 Å². The fourth-order valence-electron chi connectivity index (χ4n) is 3.34. The first-order valence-electron chi connectivity index (χ1n) is 7.96. The van der Waals surface area contributed by atoms with E-state index >= 15 is 0 Å². The number of nitrogens with one attached hydrogen (secondary N) is 1. The lowest BCUT2D eigenvalue weighted by molar-refractivity contribution is -0.385. The number of H-pyrrole nitrogens is 1. The molecule has 24 heavy (non-hydrogen) atoms. The van der Waals surface area contributed by atoms with Crippen LogP contribution in [0.15, 0.2) is 36.5 Å². The van der Waals surface area contributed by atoms with E-state index < -0.39 is 4.92 Å². The fourth-order valence-corrected chi connectivity index (χ4v) is 3.34. The summed E-state index contributed by atoms with van der Waals surface area (Å²) in [5.41, 5.74) is 2.65. The van der Waals surface area contributed by atoms with E-state index in [4.69, 9.17) is 4.98 Å². The normalized spacial score (nSPS) is 17.5. The van der Waals surface area contributed by atoms with Crippen molar-refractivity contribution in [3.63, 3.8) is 0 Å². The highest BCUT2D eigenvalue weighted by atomic mass is 16.6. The van der Waals surface area contributed by atoms with Crippen LogP contribution in [0.5, 0.6) is 0 Å². The fraction of sp³-hybridized carbons (Fsp3) is 0.294. The first-order valence-corrected chi connectivity index (χ1v) is 7.96. The van der Waals surface area contributed by atoms with Gasteiger partial charge in [0.1, 0.15) is 17.8 Å². The maximum Gasteiger partial charge on any atom is 0.290 e. The summed E-state index contributed by atoms with van der Waals surface area (Å²) in [6.07, 6.45) is 3.37. The average molecular weight is 323 g/mol. The summed E-state index contributed by atoms with van der Waals surface area (Å²) in [5, 5.41) is 11.0. The van der Waals surface area contributed by atoms with Gasteiger partial charge in [-0.2, -0.15) is 0 Å². The number of imidazole rings is 1. The third-order valence-electron chi connectivity index (χ3n) is 4.54. The van der Waals surface area contributed by atoms with Gasteiger partial charge in [0.25, 0.3) is 5.69 Å². The van der Waals surface area contributed by atoms with Gasteiger partial charge in [-0.1, -0.05) is 12.1 Å². The molecule has 0 amide bonds. The number of nitrogens with zero attached hydrogens (tertiary/aromatic N) is 4. The number of fused-ring (bicyclic) bond motifs is 1. The molecular formula is C17H17N5O2. The summed E-state index contributed by atoms with van der Waals surface area (Å²) < 4.78 is 0. The number of rotatable bonds is 3. The Morgan fingerprint density at radius 1 is 1.38 bits per heavy atom. The quantitative estimate of drug-likeness (QED) is 0.588. The highest BCUT2D eigenvalue weighted by Crippen LogP contribution is 2.35. The Balaban J connectivity index is 1.70. The molecule has 7 nitrogen and oxygen atoms in total. The first-order chi connectivity index (χ1) is 11.6. The predicted octanol–water partition coefficient (Wildman–Crippen LogP) is 3.52. The lowest BCUT2D eigenvalue weighted by Crippen LogP contribution is -2.24. The van der Waals surface area contributed by atoms with Gasteiger partial charge in [-0.3, -0.25) is 10.1 Å². The molecule has 1 N–H and O–H groups in total. The van der Waals surface area contributed by atoms with Crippen molar-refractivity contribution in [3.05, 3.63) is 58.0 Å². The molecule has 2 aromatic heterocycles. The van der Waals surface area contributed by atoms with Crippen LogP contribution >= 0.6 is 0 Å². The first kappa shape index (κ1) is 14.6. The molecular weight excluding hydrogens is 306 g/mol. The molecule has 1 saturated heterocycles. The zero-order valence-corrected chi connectivity index (χ0v) is 13.3. The van der Waals surface area contributed by atoms with Crippen molar-refractivity contribution >= 4 is 22.5 Å². The molecule has 0 saturated carbocycles. The lowest BCUT2D eigenvalue weighted by atomic mass is 10.2. The van der Waals surface area contributed by atoms with E-state index in [1.54, 1.807) is 13.0 Å². The second kappa shape index (κ2) is 5.59. The van der Waals surface area contributed by atoms with E-state index in [0.717, 1.165) is 42.1 Å². The Bertz CT molecular complexity index is 887. The minimum atomic E-state index is -0.396. The summed E-state index contributed by atoms with van der Waals surface area (Å²) >= 11 is 0. The third kappa shape index (κ3) is 2.38. The molecule has 4 rings (SSSR count). The van der Waals surface area contributed by atoms with Gasteiger partial charge in [-0.15, -0.1) is 0 Å². The average Bonchev–Trinajstić information content (AvgIpc) is 3.20. The summed E-state index contributed by atoms with van der Waals surface area (Å²) in [5.74, 6) is 1.69. The van der Waals surface area contributed by atoms with Gasteiger partial charge < -0.3 is 9.88 Å². The number of anilines is 1. The third-order valence-corrected chi connectivity index (χ3v) is 4.54. The molecule has 1 unspecified atom stereocenters. The van der Waals surface area contributed by atoms with Gasteiger partial charge in [-0.25, -0.2) is 9.97 Å². The molecule has 0 radical (unpaired) electrons. The van der Waals surface area contributed by atoms with Crippen LogP contribution in [0.3, 0.4) is 0 Å². The van der Waals surface area contributed by atoms with Gasteiger partial charge in [0.05, 0.1) is 22.0 Å². The van der Waals surface area contributed by atoms with Crippen LogP contribution in [-0.4, -0.2) is 26.4 Å². The van der Waals surface area contributed by atoms with E-state index in [9.17, 15) is 10.1 Å². The van der Waals surface area contributed by atoms with Crippen molar-refractivity contribution in [3.8, 4) is 0 Å². The van der Waals surface area contributed by atoms with Gasteiger partial charge >= 0.3 is 0 Å². The van der Waals surface area contributed by atoms with Crippen LogP contribution < -0.4 is 4.90 Å². The largest absolute Gasteiger partial charge is 0.346 e. The van der Waals surface area contributed by atoms with Crippen molar-refractivity contribution in [2.45, 2.75) is 25.8 Å². The van der Waals surface area contributed by atoms with Gasteiger partial charge in [0.2, 0.25) is 0 Å².